The minimum Gasteiger partial charge on any atom is -0.484 e. The quantitative estimate of drug-likeness (QED) is 0.742. The lowest BCUT2D eigenvalue weighted by atomic mass is 10.3. The first-order chi connectivity index (χ1) is 12.4. The van der Waals surface area contributed by atoms with Gasteiger partial charge in [0.15, 0.2) is 6.61 Å². The lowest BCUT2D eigenvalue weighted by molar-refractivity contribution is -0.118. The lowest BCUT2D eigenvalue weighted by Crippen LogP contribution is -2.30. The number of halogens is 1. The molecule has 1 N–H and O–H groups in total. The van der Waals surface area contributed by atoms with Gasteiger partial charge in [-0.3, -0.25) is 4.79 Å². The minimum atomic E-state index is -3.51. The highest BCUT2D eigenvalue weighted by Crippen LogP contribution is 2.20. The Morgan fingerprint density at radius 3 is 2.35 bits per heavy atom. The van der Waals surface area contributed by atoms with Crippen LogP contribution in [0.4, 0.5) is 5.69 Å². The van der Waals surface area contributed by atoms with E-state index in [4.69, 9.17) is 16.3 Å². The van der Waals surface area contributed by atoms with Gasteiger partial charge >= 0.3 is 0 Å². The van der Waals surface area contributed by atoms with Crippen LogP contribution in [0.1, 0.15) is 13.8 Å². The Labute approximate surface area is 158 Å². The molecule has 0 heterocycles. The number of nitrogens with zero attached hydrogens (tertiary/aromatic N) is 1. The predicted octanol–water partition coefficient (Wildman–Crippen LogP) is 3.39. The van der Waals surface area contributed by atoms with Gasteiger partial charge in [-0.2, -0.15) is 4.31 Å². The number of hydrogen-bond acceptors (Lipinski definition) is 4. The third-order valence-corrected chi connectivity index (χ3v) is 5.94. The number of carbonyl (C=O) groups is 1. The molecule has 0 aliphatic heterocycles. The fourth-order valence-electron chi connectivity index (χ4n) is 2.33. The van der Waals surface area contributed by atoms with Crippen molar-refractivity contribution < 1.29 is 17.9 Å². The zero-order valence-electron chi connectivity index (χ0n) is 14.6. The first kappa shape index (κ1) is 20.2. The summed E-state index contributed by atoms with van der Waals surface area (Å²) in [4.78, 5) is 12.1. The smallest absolute Gasteiger partial charge is 0.262 e. The number of amides is 1. The monoisotopic (exact) mass is 396 g/mol. The molecular weight excluding hydrogens is 376 g/mol. The summed E-state index contributed by atoms with van der Waals surface area (Å²) in [5.74, 6) is 0.0665. The van der Waals surface area contributed by atoms with Crippen LogP contribution in [-0.4, -0.2) is 38.3 Å². The van der Waals surface area contributed by atoms with Crippen molar-refractivity contribution in [2.45, 2.75) is 18.7 Å². The van der Waals surface area contributed by atoms with Crippen LogP contribution in [0.2, 0.25) is 5.02 Å². The van der Waals surface area contributed by atoms with Crippen LogP contribution in [0.15, 0.2) is 53.4 Å². The molecule has 0 aliphatic rings. The molecule has 2 rings (SSSR count). The normalized spacial score (nSPS) is 11.4. The molecule has 2 aromatic rings. The molecule has 0 bridgehead atoms. The van der Waals surface area contributed by atoms with Gasteiger partial charge in [-0.15, -0.1) is 0 Å². The van der Waals surface area contributed by atoms with Gasteiger partial charge in [-0.25, -0.2) is 8.42 Å². The first-order valence-corrected chi connectivity index (χ1v) is 9.97. The standard InChI is InChI=1S/C18H21ClN2O4S/c1-3-21(4-2)26(23,24)17-10-8-16(9-11-17)25-13-18(22)20-15-7-5-6-14(19)12-15/h5-12H,3-4,13H2,1-2H3,(H,20,22). The Morgan fingerprint density at radius 1 is 1.12 bits per heavy atom. The SMILES string of the molecule is CCN(CC)S(=O)(=O)c1ccc(OCC(=O)Nc2cccc(Cl)c2)cc1. The molecule has 0 aliphatic carbocycles. The van der Waals surface area contributed by atoms with Crippen molar-refractivity contribution in [3.63, 3.8) is 0 Å². The van der Waals surface area contributed by atoms with E-state index in [0.29, 0.717) is 29.5 Å². The number of benzene rings is 2. The molecule has 0 atom stereocenters. The molecule has 6 nitrogen and oxygen atoms in total. The number of carbonyl (C=O) groups excluding carboxylic acids is 1. The molecule has 0 saturated carbocycles. The molecule has 0 radical (unpaired) electrons. The molecule has 26 heavy (non-hydrogen) atoms. The van der Waals surface area contributed by atoms with E-state index in [2.05, 4.69) is 5.32 Å². The third kappa shape index (κ3) is 5.20. The van der Waals surface area contributed by atoms with Gasteiger partial charge < -0.3 is 10.1 Å². The number of ether oxygens (including phenoxy) is 1. The Bertz CT molecular complexity index is 850. The summed E-state index contributed by atoms with van der Waals surface area (Å²) in [6, 6.07) is 12.8. The van der Waals surface area contributed by atoms with Crippen LogP contribution in [-0.2, 0) is 14.8 Å². The van der Waals surface area contributed by atoms with Crippen LogP contribution >= 0.6 is 11.6 Å². The van der Waals surface area contributed by atoms with E-state index in [-0.39, 0.29) is 17.4 Å². The third-order valence-electron chi connectivity index (χ3n) is 3.65. The fourth-order valence-corrected chi connectivity index (χ4v) is 3.98. The number of sulfonamides is 1. The van der Waals surface area contributed by atoms with Crippen molar-refractivity contribution >= 4 is 33.2 Å². The highest BCUT2D eigenvalue weighted by molar-refractivity contribution is 7.89. The van der Waals surface area contributed by atoms with Crippen molar-refractivity contribution in [2.75, 3.05) is 25.0 Å². The molecule has 0 spiro atoms. The Hall–Kier alpha value is -2.09. The second-order valence-corrected chi connectivity index (χ2v) is 7.78. The number of nitrogens with one attached hydrogen (secondary N) is 1. The summed E-state index contributed by atoms with van der Waals surface area (Å²) < 4.78 is 31.6. The summed E-state index contributed by atoms with van der Waals surface area (Å²) >= 11 is 5.86. The van der Waals surface area contributed by atoms with Crippen molar-refractivity contribution in [3.05, 3.63) is 53.6 Å². The van der Waals surface area contributed by atoms with Crippen LogP contribution in [0.3, 0.4) is 0 Å². The van der Waals surface area contributed by atoms with Crippen molar-refractivity contribution in [2.24, 2.45) is 0 Å². The van der Waals surface area contributed by atoms with E-state index >= 15 is 0 Å². The maximum absolute atomic E-state index is 12.4. The minimum absolute atomic E-state index is 0.192. The average molecular weight is 397 g/mol. The molecule has 140 valence electrons. The fraction of sp³-hybridized carbons (Fsp3) is 0.278. The summed E-state index contributed by atoms with van der Waals surface area (Å²) in [5, 5.41) is 3.19. The van der Waals surface area contributed by atoms with E-state index in [1.165, 1.54) is 28.6 Å². The average Bonchev–Trinajstić information content (AvgIpc) is 2.61. The molecule has 2 aromatic carbocycles. The largest absolute Gasteiger partial charge is 0.484 e. The molecule has 0 aromatic heterocycles. The van der Waals surface area contributed by atoms with E-state index in [0.717, 1.165) is 0 Å². The van der Waals surface area contributed by atoms with E-state index < -0.39 is 10.0 Å². The van der Waals surface area contributed by atoms with Crippen molar-refractivity contribution in [1.82, 2.24) is 4.31 Å². The van der Waals surface area contributed by atoms with Gasteiger partial charge in [0, 0.05) is 23.8 Å². The van der Waals surface area contributed by atoms with E-state index in [9.17, 15) is 13.2 Å². The van der Waals surface area contributed by atoms with Crippen molar-refractivity contribution in [1.29, 1.82) is 0 Å². The van der Waals surface area contributed by atoms with Crippen LogP contribution in [0.5, 0.6) is 5.75 Å². The first-order valence-electron chi connectivity index (χ1n) is 8.15. The van der Waals surface area contributed by atoms with Crippen LogP contribution in [0, 0.1) is 0 Å². The number of anilines is 1. The van der Waals surface area contributed by atoms with Crippen LogP contribution in [0.25, 0.3) is 0 Å². The van der Waals surface area contributed by atoms with Crippen molar-refractivity contribution in [3.8, 4) is 5.75 Å². The Kier molecular flexibility index (Phi) is 7.02. The summed E-state index contributed by atoms with van der Waals surface area (Å²) in [6.07, 6.45) is 0. The molecule has 0 unspecified atom stereocenters. The molecular formula is C18H21ClN2O4S. The van der Waals surface area contributed by atoms with Crippen LogP contribution < -0.4 is 10.1 Å². The van der Waals surface area contributed by atoms with Gasteiger partial charge in [0.1, 0.15) is 5.75 Å². The molecule has 1 amide bonds. The Morgan fingerprint density at radius 2 is 1.77 bits per heavy atom. The maximum atomic E-state index is 12.4. The van der Waals surface area contributed by atoms with Gasteiger partial charge in [0.2, 0.25) is 10.0 Å². The molecule has 0 fully saturated rings. The number of rotatable bonds is 8. The molecule has 0 saturated heterocycles. The second-order valence-electron chi connectivity index (χ2n) is 5.41. The highest BCUT2D eigenvalue weighted by atomic mass is 35.5. The topological polar surface area (TPSA) is 75.7 Å². The van der Waals surface area contributed by atoms with Gasteiger partial charge in [-0.1, -0.05) is 31.5 Å². The summed E-state index contributed by atoms with van der Waals surface area (Å²) in [7, 11) is -3.51. The van der Waals surface area contributed by atoms with Gasteiger partial charge in [0.25, 0.3) is 5.91 Å². The van der Waals surface area contributed by atoms with Gasteiger partial charge in [0.05, 0.1) is 4.90 Å². The van der Waals surface area contributed by atoms with E-state index in [1.54, 1.807) is 38.1 Å². The van der Waals surface area contributed by atoms with Gasteiger partial charge in [-0.05, 0) is 42.5 Å². The maximum Gasteiger partial charge on any atom is 0.262 e. The number of hydrogen-bond donors (Lipinski definition) is 1. The lowest BCUT2D eigenvalue weighted by Gasteiger charge is -2.18. The Balaban J connectivity index is 1.96. The second kappa shape index (κ2) is 9.02. The highest BCUT2D eigenvalue weighted by Gasteiger charge is 2.21. The molecule has 8 heteroatoms. The predicted molar refractivity (Wildman–Crippen MR) is 102 cm³/mol. The van der Waals surface area contributed by atoms with E-state index in [1.807, 2.05) is 0 Å². The summed E-state index contributed by atoms with van der Waals surface area (Å²) in [5.41, 5.74) is 0.576. The summed E-state index contributed by atoms with van der Waals surface area (Å²) in [6.45, 7) is 4.18. The zero-order valence-corrected chi connectivity index (χ0v) is 16.2. The zero-order chi connectivity index (χ0) is 19.2.